The normalized spacial score (nSPS) is 15.5. The van der Waals surface area contributed by atoms with Gasteiger partial charge in [-0.25, -0.2) is 13.1 Å². The van der Waals surface area contributed by atoms with Crippen LogP contribution in [0.4, 0.5) is 0 Å². The molecule has 1 aliphatic rings. The summed E-state index contributed by atoms with van der Waals surface area (Å²) in [6, 6.07) is 16.0. The molecule has 1 amide bonds. The van der Waals surface area contributed by atoms with Gasteiger partial charge in [-0.1, -0.05) is 44.2 Å². The lowest BCUT2D eigenvalue weighted by Crippen LogP contribution is -2.29. The van der Waals surface area contributed by atoms with Crippen LogP contribution in [0, 0.1) is 5.92 Å². The highest BCUT2D eigenvalue weighted by molar-refractivity contribution is 7.89. The van der Waals surface area contributed by atoms with Gasteiger partial charge in [-0.05, 0) is 55.0 Å². The third-order valence-corrected chi connectivity index (χ3v) is 6.08. The second-order valence-electron chi connectivity index (χ2n) is 7.49. The first-order valence-corrected chi connectivity index (χ1v) is 10.8. The van der Waals surface area contributed by atoms with Gasteiger partial charge in [0.1, 0.15) is 0 Å². The predicted molar refractivity (Wildman–Crippen MR) is 106 cm³/mol. The number of carbonyl (C=O) groups excluding carboxylic acids is 1. The molecule has 0 aromatic heterocycles. The Labute approximate surface area is 161 Å². The molecule has 6 heteroatoms. The highest BCUT2D eigenvalue weighted by Gasteiger charge is 2.28. The first kappa shape index (κ1) is 19.6. The van der Waals surface area contributed by atoms with Crippen LogP contribution >= 0.6 is 0 Å². The van der Waals surface area contributed by atoms with E-state index in [1.807, 2.05) is 30.3 Å². The molecule has 5 nitrogen and oxygen atoms in total. The van der Waals surface area contributed by atoms with E-state index in [9.17, 15) is 13.2 Å². The first-order valence-electron chi connectivity index (χ1n) is 9.33. The zero-order valence-corrected chi connectivity index (χ0v) is 16.5. The van der Waals surface area contributed by atoms with Crippen molar-refractivity contribution in [3.05, 3.63) is 65.7 Å². The van der Waals surface area contributed by atoms with Crippen molar-refractivity contribution in [1.82, 2.24) is 10.0 Å². The molecule has 1 unspecified atom stereocenters. The Balaban J connectivity index is 1.72. The van der Waals surface area contributed by atoms with Crippen LogP contribution in [0.25, 0.3) is 0 Å². The molecule has 27 heavy (non-hydrogen) atoms. The molecule has 2 N–H and O–H groups in total. The number of benzene rings is 2. The Morgan fingerprint density at radius 1 is 1.04 bits per heavy atom. The van der Waals surface area contributed by atoms with Crippen molar-refractivity contribution in [3.63, 3.8) is 0 Å². The van der Waals surface area contributed by atoms with Gasteiger partial charge < -0.3 is 5.32 Å². The summed E-state index contributed by atoms with van der Waals surface area (Å²) in [4.78, 5) is 12.9. The fourth-order valence-electron chi connectivity index (χ4n) is 2.95. The Bertz CT molecular complexity index is 873. The molecule has 0 heterocycles. The number of hydrogen-bond donors (Lipinski definition) is 2. The van der Waals surface area contributed by atoms with Gasteiger partial charge in [0.05, 0.1) is 10.9 Å². The van der Waals surface area contributed by atoms with Crippen LogP contribution in [0.15, 0.2) is 59.5 Å². The molecule has 0 saturated heterocycles. The van der Waals surface area contributed by atoms with Gasteiger partial charge in [0.25, 0.3) is 5.91 Å². The highest BCUT2D eigenvalue weighted by atomic mass is 32.2. The molecule has 1 atom stereocenters. The molecule has 0 bridgehead atoms. The Hall–Kier alpha value is -2.18. The number of hydrogen-bond acceptors (Lipinski definition) is 3. The third-order valence-electron chi connectivity index (χ3n) is 4.54. The molecule has 3 rings (SSSR count). The zero-order chi connectivity index (χ0) is 19.4. The van der Waals surface area contributed by atoms with Crippen molar-refractivity contribution in [2.75, 3.05) is 0 Å². The minimum absolute atomic E-state index is 0.0561. The van der Waals surface area contributed by atoms with E-state index in [-0.39, 0.29) is 22.9 Å². The minimum atomic E-state index is -3.50. The van der Waals surface area contributed by atoms with Gasteiger partial charge in [0.2, 0.25) is 10.0 Å². The summed E-state index contributed by atoms with van der Waals surface area (Å²) in [6.45, 7) is 4.24. The summed E-state index contributed by atoms with van der Waals surface area (Å²) in [5, 5.41) is 3.08. The van der Waals surface area contributed by atoms with E-state index < -0.39 is 10.0 Å². The molecule has 0 spiro atoms. The molecule has 0 aliphatic heterocycles. The Morgan fingerprint density at radius 3 is 2.22 bits per heavy atom. The summed E-state index contributed by atoms with van der Waals surface area (Å²) in [6.07, 6.45) is 2.60. The molecule has 1 aliphatic carbocycles. The summed E-state index contributed by atoms with van der Waals surface area (Å²) >= 11 is 0. The van der Waals surface area contributed by atoms with Crippen molar-refractivity contribution < 1.29 is 13.2 Å². The largest absolute Gasteiger partial charge is 0.345 e. The maximum absolute atomic E-state index is 12.7. The SMILES string of the molecule is CC(C)CC(NC(=O)c1ccc(S(=O)(=O)NC2CC2)cc1)c1ccccc1. The van der Waals surface area contributed by atoms with Crippen LogP contribution in [0.3, 0.4) is 0 Å². The van der Waals surface area contributed by atoms with Gasteiger partial charge in [0, 0.05) is 11.6 Å². The standard InChI is InChI=1S/C21H26N2O3S/c1-15(2)14-20(16-6-4-3-5-7-16)22-21(24)17-8-12-19(13-9-17)27(25,26)23-18-10-11-18/h3-9,12-13,15,18,20,23H,10-11,14H2,1-2H3,(H,22,24). The van der Waals surface area contributed by atoms with Crippen LogP contribution in [0.1, 0.15) is 55.1 Å². The third kappa shape index (κ3) is 5.40. The molecule has 2 aromatic carbocycles. The topological polar surface area (TPSA) is 75.3 Å². The number of carbonyl (C=O) groups is 1. The van der Waals surface area contributed by atoms with Crippen molar-refractivity contribution in [1.29, 1.82) is 0 Å². The molecule has 1 fully saturated rings. The number of nitrogens with one attached hydrogen (secondary N) is 2. The van der Waals surface area contributed by atoms with Gasteiger partial charge >= 0.3 is 0 Å². The quantitative estimate of drug-likeness (QED) is 0.727. The van der Waals surface area contributed by atoms with E-state index in [2.05, 4.69) is 23.9 Å². The van der Waals surface area contributed by atoms with Gasteiger partial charge in [-0.3, -0.25) is 4.79 Å². The molecular formula is C21H26N2O3S. The van der Waals surface area contributed by atoms with Crippen LogP contribution in [-0.4, -0.2) is 20.4 Å². The Kier molecular flexibility index (Phi) is 5.97. The van der Waals surface area contributed by atoms with E-state index >= 15 is 0 Å². The fraction of sp³-hybridized carbons (Fsp3) is 0.381. The van der Waals surface area contributed by atoms with Crippen LogP contribution in [0.5, 0.6) is 0 Å². The van der Waals surface area contributed by atoms with E-state index in [4.69, 9.17) is 0 Å². The van der Waals surface area contributed by atoms with Crippen molar-refractivity contribution in [2.24, 2.45) is 5.92 Å². The first-order chi connectivity index (χ1) is 12.8. The Morgan fingerprint density at radius 2 is 1.67 bits per heavy atom. The second-order valence-corrected chi connectivity index (χ2v) is 9.20. The van der Waals surface area contributed by atoms with Crippen LogP contribution < -0.4 is 10.0 Å². The van der Waals surface area contributed by atoms with E-state index in [0.717, 1.165) is 24.8 Å². The maximum atomic E-state index is 12.7. The van der Waals surface area contributed by atoms with Crippen LogP contribution in [0.2, 0.25) is 0 Å². The lowest BCUT2D eigenvalue weighted by atomic mass is 9.96. The molecule has 1 saturated carbocycles. The molecular weight excluding hydrogens is 360 g/mol. The number of amides is 1. The number of rotatable bonds is 8. The van der Waals surface area contributed by atoms with E-state index in [1.54, 1.807) is 12.1 Å². The maximum Gasteiger partial charge on any atom is 0.251 e. The predicted octanol–water partition coefficient (Wildman–Crippen LogP) is 3.64. The smallest absolute Gasteiger partial charge is 0.251 e. The second kappa shape index (κ2) is 8.23. The molecule has 0 radical (unpaired) electrons. The summed E-state index contributed by atoms with van der Waals surface area (Å²) in [7, 11) is -3.50. The van der Waals surface area contributed by atoms with E-state index in [1.165, 1.54) is 12.1 Å². The monoisotopic (exact) mass is 386 g/mol. The lowest BCUT2D eigenvalue weighted by Gasteiger charge is -2.21. The molecule has 144 valence electrons. The summed E-state index contributed by atoms with van der Waals surface area (Å²) in [5.41, 5.74) is 1.51. The van der Waals surface area contributed by atoms with E-state index in [0.29, 0.717) is 11.5 Å². The fourth-order valence-corrected chi connectivity index (χ4v) is 4.26. The molecule has 2 aromatic rings. The van der Waals surface area contributed by atoms with Gasteiger partial charge in [0.15, 0.2) is 0 Å². The average molecular weight is 387 g/mol. The zero-order valence-electron chi connectivity index (χ0n) is 15.7. The summed E-state index contributed by atoms with van der Waals surface area (Å²) in [5.74, 6) is 0.222. The van der Waals surface area contributed by atoms with Crippen molar-refractivity contribution in [3.8, 4) is 0 Å². The van der Waals surface area contributed by atoms with Crippen molar-refractivity contribution in [2.45, 2.75) is 50.1 Å². The van der Waals surface area contributed by atoms with Crippen LogP contribution in [-0.2, 0) is 10.0 Å². The van der Waals surface area contributed by atoms with Gasteiger partial charge in [-0.15, -0.1) is 0 Å². The number of sulfonamides is 1. The highest BCUT2D eigenvalue weighted by Crippen LogP contribution is 2.23. The minimum Gasteiger partial charge on any atom is -0.345 e. The lowest BCUT2D eigenvalue weighted by molar-refractivity contribution is 0.0932. The average Bonchev–Trinajstić information content (AvgIpc) is 3.45. The van der Waals surface area contributed by atoms with Gasteiger partial charge in [-0.2, -0.15) is 0 Å². The summed E-state index contributed by atoms with van der Waals surface area (Å²) < 4.78 is 27.1. The van der Waals surface area contributed by atoms with Crippen molar-refractivity contribution >= 4 is 15.9 Å².